The smallest absolute Gasteiger partial charge is 0.231 e. The van der Waals surface area contributed by atoms with Gasteiger partial charge in [-0.2, -0.15) is 0 Å². The summed E-state index contributed by atoms with van der Waals surface area (Å²) >= 11 is 0. The van der Waals surface area contributed by atoms with Crippen LogP contribution in [-0.4, -0.2) is 22.1 Å². The maximum Gasteiger partial charge on any atom is 0.231 e. The quantitative estimate of drug-likeness (QED) is 0.548. The summed E-state index contributed by atoms with van der Waals surface area (Å²) in [6.45, 7) is 4.25. The Balaban J connectivity index is 1.37. The van der Waals surface area contributed by atoms with E-state index in [9.17, 15) is 4.79 Å². The van der Waals surface area contributed by atoms with Gasteiger partial charge in [0.1, 0.15) is 5.65 Å². The third-order valence-electron chi connectivity index (χ3n) is 5.22. The molecule has 3 heterocycles. The van der Waals surface area contributed by atoms with Gasteiger partial charge in [-0.05, 0) is 60.9 Å². The van der Waals surface area contributed by atoms with Crippen LogP contribution in [0.2, 0.25) is 0 Å². The molecule has 0 bridgehead atoms. The molecule has 30 heavy (non-hydrogen) atoms. The molecule has 0 aliphatic carbocycles. The number of pyridine rings is 1. The predicted octanol–water partition coefficient (Wildman–Crippen LogP) is 4.53. The van der Waals surface area contributed by atoms with Crippen LogP contribution in [0, 0.1) is 13.8 Å². The van der Waals surface area contributed by atoms with E-state index >= 15 is 0 Å². The molecule has 0 radical (unpaired) electrons. The number of hydrogen-bond acceptors (Lipinski definition) is 4. The zero-order chi connectivity index (χ0) is 20.7. The van der Waals surface area contributed by atoms with Crippen molar-refractivity contribution in [1.29, 1.82) is 0 Å². The van der Waals surface area contributed by atoms with Gasteiger partial charge in [-0.3, -0.25) is 4.79 Å². The van der Waals surface area contributed by atoms with Gasteiger partial charge in [0.2, 0.25) is 12.7 Å². The van der Waals surface area contributed by atoms with Crippen LogP contribution in [0.15, 0.2) is 60.9 Å². The Bertz CT molecular complexity index is 1280. The van der Waals surface area contributed by atoms with Crippen LogP contribution in [0.3, 0.4) is 0 Å². The topological polar surface area (TPSA) is 64.9 Å². The van der Waals surface area contributed by atoms with E-state index in [1.54, 1.807) is 0 Å². The van der Waals surface area contributed by atoms with Gasteiger partial charge in [0.15, 0.2) is 11.5 Å². The van der Waals surface area contributed by atoms with Crippen molar-refractivity contribution in [3.63, 3.8) is 0 Å². The molecule has 2 aromatic heterocycles. The summed E-state index contributed by atoms with van der Waals surface area (Å²) < 4.78 is 12.7. The highest BCUT2D eigenvalue weighted by Crippen LogP contribution is 2.33. The van der Waals surface area contributed by atoms with E-state index in [1.165, 1.54) is 5.56 Å². The van der Waals surface area contributed by atoms with E-state index in [-0.39, 0.29) is 19.1 Å². The first-order valence-corrected chi connectivity index (χ1v) is 9.80. The van der Waals surface area contributed by atoms with E-state index in [0.717, 1.165) is 33.7 Å². The molecule has 6 nitrogen and oxygen atoms in total. The monoisotopic (exact) mass is 399 g/mol. The number of fused-ring (bicyclic) bond motifs is 2. The minimum Gasteiger partial charge on any atom is -0.454 e. The van der Waals surface area contributed by atoms with Crippen molar-refractivity contribution in [3.8, 4) is 22.8 Å². The number of nitrogens with zero attached hydrogens (tertiary/aromatic N) is 2. The summed E-state index contributed by atoms with van der Waals surface area (Å²) in [6.07, 6.45) is 4.26. The lowest BCUT2D eigenvalue weighted by molar-refractivity contribution is -0.115. The van der Waals surface area contributed by atoms with Crippen LogP contribution >= 0.6 is 0 Å². The summed E-state index contributed by atoms with van der Waals surface area (Å²) in [5.41, 5.74) is 6.55. The van der Waals surface area contributed by atoms with Crippen LogP contribution < -0.4 is 14.8 Å². The van der Waals surface area contributed by atoms with Gasteiger partial charge < -0.3 is 19.2 Å². The zero-order valence-electron chi connectivity index (χ0n) is 16.8. The number of carbonyl (C=O) groups is 1. The van der Waals surface area contributed by atoms with Crippen LogP contribution in [0.4, 0.5) is 5.69 Å². The van der Waals surface area contributed by atoms with Gasteiger partial charge in [0, 0.05) is 23.6 Å². The van der Waals surface area contributed by atoms with Gasteiger partial charge in [0.25, 0.3) is 0 Å². The molecule has 0 saturated heterocycles. The Morgan fingerprint density at radius 2 is 1.93 bits per heavy atom. The Hall–Kier alpha value is -3.80. The number of hydrogen-bond donors (Lipinski definition) is 1. The van der Waals surface area contributed by atoms with E-state index in [1.807, 2.05) is 73.1 Å². The molecule has 0 saturated carbocycles. The van der Waals surface area contributed by atoms with Crippen LogP contribution in [0.5, 0.6) is 11.5 Å². The number of carbonyl (C=O) groups excluding carboxylic acids is 1. The maximum atomic E-state index is 12.7. The first-order chi connectivity index (χ1) is 14.5. The number of rotatable bonds is 4. The van der Waals surface area contributed by atoms with Crippen molar-refractivity contribution in [2.24, 2.45) is 0 Å². The third-order valence-corrected chi connectivity index (χ3v) is 5.22. The van der Waals surface area contributed by atoms with Gasteiger partial charge in [-0.25, -0.2) is 4.98 Å². The number of nitrogens with one attached hydrogen (secondary N) is 1. The molecule has 0 fully saturated rings. The highest BCUT2D eigenvalue weighted by Gasteiger charge is 2.15. The minimum atomic E-state index is -0.0836. The molecule has 4 aromatic rings. The van der Waals surface area contributed by atoms with Crippen molar-refractivity contribution in [3.05, 3.63) is 77.6 Å². The maximum absolute atomic E-state index is 12.7. The van der Waals surface area contributed by atoms with E-state index in [0.29, 0.717) is 11.5 Å². The Kier molecular flexibility index (Phi) is 4.39. The fourth-order valence-corrected chi connectivity index (χ4v) is 3.57. The molecule has 0 unspecified atom stereocenters. The standard InChI is InChI=1S/C24H21N3O3/c1-15-7-8-27-13-20(25-23(27)9-15)18-5-3-16(2)19(12-18)26-24(28)11-17-4-6-21-22(10-17)30-14-29-21/h3-10,12-13H,11,14H2,1-2H3,(H,26,28). The number of imidazole rings is 1. The number of aryl methyl sites for hydroxylation is 2. The molecule has 0 spiro atoms. The number of aromatic nitrogens is 2. The first kappa shape index (κ1) is 18.2. The Labute approximate surface area is 174 Å². The summed E-state index contributed by atoms with van der Waals surface area (Å²) in [5.74, 6) is 1.31. The molecular formula is C24H21N3O3. The second-order valence-corrected chi connectivity index (χ2v) is 7.54. The van der Waals surface area contributed by atoms with Gasteiger partial charge in [-0.1, -0.05) is 18.2 Å². The normalized spacial score (nSPS) is 12.3. The third kappa shape index (κ3) is 3.48. The summed E-state index contributed by atoms with van der Waals surface area (Å²) in [5, 5.41) is 3.03. The second kappa shape index (κ2) is 7.22. The summed E-state index contributed by atoms with van der Waals surface area (Å²) in [6, 6.07) is 15.7. The molecule has 1 N–H and O–H groups in total. The average Bonchev–Trinajstić information content (AvgIpc) is 3.35. The van der Waals surface area contributed by atoms with Crippen molar-refractivity contribution < 1.29 is 14.3 Å². The Morgan fingerprint density at radius 3 is 2.83 bits per heavy atom. The highest BCUT2D eigenvalue weighted by atomic mass is 16.7. The van der Waals surface area contributed by atoms with Gasteiger partial charge >= 0.3 is 0 Å². The molecule has 150 valence electrons. The lowest BCUT2D eigenvalue weighted by atomic mass is 10.1. The molecule has 1 aliphatic heterocycles. The van der Waals surface area contributed by atoms with Crippen molar-refractivity contribution >= 4 is 17.2 Å². The van der Waals surface area contributed by atoms with Crippen molar-refractivity contribution in [2.75, 3.05) is 12.1 Å². The van der Waals surface area contributed by atoms with Crippen molar-refractivity contribution in [1.82, 2.24) is 9.38 Å². The molecule has 5 rings (SSSR count). The van der Waals surface area contributed by atoms with Crippen LogP contribution in [-0.2, 0) is 11.2 Å². The number of ether oxygens (including phenoxy) is 2. The Morgan fingerprint density at radius 1 is 1.07 bits per heavy atom. The average molecular weight is 399 g/mol. The molecule has 1 aliphatic rings. The first-order valence-electron chi connectivity index (χ1n) is 9.80. The van der Waals surface area contributed by atoms with E-state index < -0.39 is 0 Å². The SMILES string of the molecule is Cc1ccn2cc(-c3ccc(C)c(NC(=O)Cc4ccc5c(c4)OCO5)c3)nc2c1. The summed E-state index contributed by atoms with van der Waals surface area (Å²) in [4.78, 5) is 17.4. The molecule has 2 aromatic carbocycles. The van der Waals surface area contributed by atoms with Crippen molar-refractivity contribution in [2.45, 2.75) is 20.3 Å². The van der Waals surface area contributed by atoms with Crippen LogP contribution in [0.25, 0.3) is 16.9 Å². The van der Waals surface area contributed by atoms with E-state index in [4.69, 9.17) is 14.5 Å². The molecule has 6 heteroatoms. The molecule has 0 atom stereocenters. The number of benzene rings is 2. The number of anilines is 1. The van der Waals surface area contributed by atoms with Crippen LogP contribution in [0.1, 0.15) is 16.7 Å². The largest absolute Gasteiger partial charge is 0.454 e. The highest BCUT2D eigenvalue weighted by molar-refractivity contribution is 5.93. The van der Waals surface area contributed by atoms with Gasteiger partial charge in [-0.15, -0.1) is 0 Å². The summed E-state index contributed by atoms with van der Waals surface area (Å²) in [7, 11) is 0. The second-order valence-electron chi connectivity index (χ2n) is 7.54. The van der Waals surface area contributed by atoms with E-state index in [2.05, 4.69) is 11.4 Å². The number of amides is 1. The fraction of sp³-hybridized carbons (Fsp3) is 0.167. The minimum absolute atomic E-state index is 0.0836. The predicted molar refractivity (Wildman–Crippen MR) is 115 cm³/mol. The zero-order valence-corrected chi connectivity index (χ0v) is 16.8. The van der Waals surface area contributed by atoms with Gasteiger partial charge in [0.05, 0.1) is 12.1 Å². The molecule has 1 amide bonds. The lowest BCUT2D eigenvalue weighted by Gasteiger charge is -2.10. The lowest BCUT2D eigenvalue weighted by Crippen LogP contribution is -2.15. The molecular weight excluding hydrogens is 378 g/mol. The fourth-order valence-electron chi connectivity index (χ4n) is 3.57.